The van der Waals surface area contributed by atoms with Gasteiger partial charge in [-0.3, -0.25) is 4.90 Å². The Kier molecular flexibility index (Phi) is 7.39. The Labute approximate surface area is 155 Å². The van der Waals surface area contributed by atoms with Crippen molar-refractivity contribution in [2.24, 2.45) is 0 Å². The van der Waals surface area contributed by atoms with Crippen LogP contribution in [-0.4, -0.2) is 89.7 Å². The number of ether oxygens (including phenoxy) is 2. The molecule has 8 nitrogen and oxygen atoms in total. The Morgan fingerprint density at radius 2 is 1.85 bits per heavy atom. The van der Waals surface area contributed by atoms with E-state index in [-0.39, 0.29) is 12.2 Å². The molecule has 1 N–H and O–H groups in total. The molecule has 26 heavy (non-hydrogen) atoms. The van der Waals surface area contributed by atoms with Crippen LogP contribution in [0.5, 0.6) is 0 Å². The van der Waals surface area contributed by atoms with E-state index in [4.69, 9.17) is 14.0 Å². The fourth-order valence-corrected chi connectivity index (χ4v) is 3.64. The van der Waals surface area contributed by atoms with Crippen LogP contribution >= 0.6 is 0 Å². The van der Waals surface area contributed by atoms with Crippen molar-refractivity contribution >= 4 is 0 Å². The first-order chi connectivity index (χ1) is 12.6. The average Bonchev–Trinajstić information content (AvgIpc) is 3.06. The van der Waals surface area contributed by atoms with E-state index >= 15 is 0 Å². The summed E-state index contributed by atoms with van der Waals surface area (Å²) in [5.74, 6) is 1.12. The smallest absolute Gasteiger partial charge is 0.252 e. The zero-order valence-electron chi connectivity index (χ0n) is 16.0. The van der Waals surface area contributed by atoms with Gasteiger partial charge in [-0.1, -0.05) is 18.0 Å². The molecular formula is C18H32N4O4. The highest BCUT2D eigenvalue weighted by molar-refractivity contribution is 4.83. The van der Waals surface area contributed by atoms with E-state index in [2.05, 4.69) is 27.0 Å². The summed E-state index contributed by atoms with van der Waals surface area (Å²) in [6.07, 6.45) is 3.79. The van der Waals surface area contributed by atoms with E-state index < -0.39 is 6.10 Å². The van der Waals surface area contributed by atoms with Gasteiger partial charge in [-0.2, -0.15) is 4.98 Å². The number of aryl methyl sites for hydroxylation is 1. The van der Waals surface area contributed by atoms with E-state index in [9.17, 15) is 5.11 Å². The number of hydrogen-bond donors (Lipinski definition) is 1. The minimum atomic E-state index is -0.459. The zero-order valence-corrected chi connectivity index (χ0v) is 16.0. The van der Waals surface area contributed by atoms with Crippen LogP contribution < -0.4 is 0 Å². The van der Waals surface area contributed by atoms with Crippen LogP contribution in [0.25, 0.3) is 0 Å². The highest BCUT2D eigenvalue weighted by Crippen LogP contribution is 2.25. The molecule has 3 atom stereocenters. The van der Waals surface area contributed by atoms with E-state index in [1.165, 1.54) is 0 Å². The standard InChI is InChI=1S/C18H32N4O4/c1-14-19-18(26-20-14)13-25-17-6-4-3-5-16(17)24-12-15(23)11-22-9-7-21(2)8-10-22/h15-17,23H,3-13H2,1-2H3. The molecule has 2 aliphatic rings. The van der Waals surface area contributed by atoms with Crippen LogP contribution in [-0.2, 0) is 16.1 Å². The molecular weight excluding hydrogens is 336 g/mol. The average molecular weight is 368 g/mol. The zero-order chi connectivity index (χ0) is 18.4. The summed E-state index contributed by atoms with van der Waals surface area (Å²) in [5, 5.41) is 14.1. The Balaban J connectivity index is 1.39. The predicted molar refractivity (Wildman–Crippen MR) is 95.8 cm³/mol. The molecule has 0 radical (unpaired) electrons. The quantitative estimate of drug-likeness (QED) is 0.722. The number of aliphatic hydroxyl groups excluding tert-OH is 1. The van der Waals surface area contributed by atoms with Gasteiger partial charge in [0, 0.05) is 32.7 Å². The fraction of sp³-hybridized carbons (Fsp3) is 0.889. The molecule has 0 amide bonds. The molecule has 1 aliphatic heterocycles. The predicted octanol–water partition coefficient (Wildman–Crippen LogP) is 0.831. The first-order valence-electron chi connectivity index (χ1n) is 9.71. The number of hydrogen-bond acceptors (Lipinski definition) is 8. The van der Waals surface area contributed by atoms with Crippen molar-refractivity contribution in [3.05, 3.63) is 11.7 Å². The van der Waals surface area contributed by atoms with E-state index in [1.807, 2.05) is 0 Å². The monoisotopic (exact) mass is 368 g/mol. The van der Waals surface area contributed by atoms with Gasteiger partial charge < -0.3 is 24.0 Å². The molecule has 2 fully saturated rings. The van der Waals surface area contributed by atoms with Gasteiger partial charge in [0.2, 0.25) is 0 Å². The van der Waals surface area contributed by atoms with Crippen LogP contribution in [0.2, 0.25) is 0 Å². The molecule has 0 spiro atoms. The van der Waals surface area contributed by atoms with E-state index in [0.29, 0.717) is 31.5 Å². The van der Waals surface area contributed by atoms with Crippen molar-refractivity contribution in [1.82, 2.24) is 19.9 Å². The van der Waals surface area contributed by atoms with Gasteiger partial charge in [0.05, 0.1) is 24.9 Å². The fourth-order valence-electron chi connectivity index (χ4n) is 3.64. The van der Waals surface area contributed by atoms with Gasteiger partial charge in [0.25, 0.3) is 5.89 Å². The SMILES string of the molecule is Cc1noc(COC2CCCCC2OCC(O)CN2CCN(C)CC2)n1. The number of piperazine rings is 1. The third-order valence-electron chi connectivity index (χ3n) is 5.20. The lowest BCUT2D eigenvalue weighted by molar-refractivity contribution is -0.118. The van der Waals surface area contributed by atoms with E-state index in [0.717, 1.165) is 51.9 Å². The third-order valence-corrected chi connectivity index (χ3v) is 5.20. The van der Waals surface area contributed by atoms with Crippen LogP contribution in [0.4, 0.5) is 0 Å². The maximum atomic E-state index is 10.3. The molecule has 0 bridgehead atoms. The Morgan fingerprint density at radius 1 is 1.15 bits per heavy atom. The summed E-state index contributed by atoms with van der Waals surface area (Å²) in [5.41, 5.74) is 0. The second-order valence-corrected chi connectivity index (χ2v) is 7.50. The number of likely N-dealkylation sites (N-methyl/N-ethyl adjacent to an activating group) is 1. The molecule has 8 heteroatoms. The van der Waals surface area contributed by atoms with Crippen molar-refractivity contribution in [1.29, 1.82) is 0 Å². The molecule has 1 aliphatic carbocycles. The number of rotatable bonds is 8. The van der Waals surface area contributed by atoms with Gasteiger partial charge >= 0.3 is 0 Å². The summed E-state index contributed by atoms with van der Waals surface area (Å²) in [6, 6.07) is 0. The first-order valence-corrected chi connectivity index (χ1v) is 9.71. The maximum absolute atomic E-state index is 10.3. The first kappa shape index (κ1) is 19.7. The Bertz CT molecular complexity index is 533. The second-order valence-electron chi connectivity index (χ2n) is 7.50. The third kappa shape index (κ3) is 5.99. The van der Waals surface area contributed by atoms with Crippen LogP contribution in [0.15, 0.2) is 4.52 Å². The Morgan fingerprint density at radius 3 is 2.50 bits per heavy atom. The van der Waals surface area contributed by atoms with Gasteiger partial charge in [0.1, 0.15) is 6.61 Å². The summed E-state index contributed by atoms with van der Waals surface area (Å²) in [4.78, 5) is 8.79. The van der Waals surface area contributed by atoms with Crippen molar-refractivity contribution in [2.45, 2.75) is 57.5 Å². The normalized spacial score (nSPS) is 26.9. The Hall–Kier alpha value is -1.06. The van der Waals surface area contributed by atoms with Gasteiger partial charge in [0.15, 0.2) is 5.82 Å². The van der Waals surface area contributed by atoms with Crippen molar-refractivity contribution in [3.8, 4) is 0 Å². The van der Waals surface area contributed by atoms with Gasteiger partial charge in [-0.05, 0) is 26.8 Å². The molecule has 3 unspecified atom stereocenters. The van der Waals surface area contributed by atoms with Gasteiger partial charge in [-0.15, -0.1) is 0 Å². The molecule has 1 aromatic rings. The molecule has 3 rings (SSSR count). The summed E-state index contributed by atoms with van der Waals surface area (Å²) in [7, 11) is 2.13. The second kappa shape index (κ2) is 9.75. The largest absolute Gasteiger partial charge is 0.389 e. The highest BCUT2D eigenvalue weighted by Gasteiger charge is 2.28. The van der Waals surface area contributed by atoms with Crippen LogP contribution in [0.1, 0.15) is 37.4 Å². The van der Waals surface area contributed by atoms with Crippen molar-refractivity contribution < 1.29 is 19.1 Å². The molecule has 0 aromatic carbocycles. The number of aromatic nitrogens is 2. The number of aliphatic hydroxyl groups is 1. The van der Waals surface area contributed by atoms with E-state index in [1.54, 1.807) is 6.92 Å². The molecule has 1 saturated carbocycles. The summed E-state index contributed by atoms with van der Waals surface area (Å²) >= 11 is 0. The lowest BCUT2D eigenvalue weighted by Gasteiger charge is -2.34. The van der Waals surface area contributed by atoms with Crippen molar-refractivity contribution in [2.75, 3.05) is 46.4 Å². The minimum absolute atomic E-state index is 0.0202. The minimum Gasteiger partial charge on any atom is -0.389 e. The lowest BCUT2D eigenvalue weighted by atomic mass is 9.94. The molecule has 1 aromatic heterocycles. The summed E-state index contributed by atoms with van der Waals surface area (Å²) in [6.45, 7) is 7.27. The molecule has 148 valence electrons. The number of β-amino-alcohol motifs (C(OH)–C–C–N with tert-alkyl or cyclic N) is 1. The van der Waals surface area contributed by atoms with Crippen molar-refractivity contribution in [3.63, 3.8) is 0 Å². The van der Waals surface area contributed by atoms with Crippen LogP contribution in [0.3, 0.4) is 0 Å². The molecule has 1 saturated heterocycles. The number of nitrogens with zero attached hydrogens (tertiary/aromatic N) is 4. The molecule has 2 heterocycles. The summed E-state index contributed by atoms with van der Waals surface area (Å²) < 4.78 is 17.1. The van der Waals surface area contributed by atoms with Crippen LogP contribution in [0, 0.1) is 6.92 Å². The highest BCUT2D eigenvalue weighted by atomic mass is 16.6. The van der Waals surface area contributed by atoms with Gasteiger partial charge in [-0.25, -0.2) is 0 Å². The topological polar surface area (TPSA) is 84.1 Å². The lowest BCUT2D eigenvalue weighted by Crippen LogP contribution is -2.48. The maximum Gasteiger partial charge on any atom is 0.252 e.